The van der Waals surface area contributed by atoms with Crippen LogP contribution in [0.5, 0.6) is 0 Å². The number of nitrogens with zero attached hydrogens (tertiary/aromatic N) is 3. The molecule has 5 heteroatoms. The highest BCUT2D eigenvalue weighted by Gasteiger charge is 2.35. The molecular formula is C21H29N3OS. The molecule has 0 atom stereocenters. The second kappa shape index (κ2) is 8.07. The first-order chi connectivity index (χ1) is 12.7. The minimum absolute atomic E-state index is 0.557. The molecule has 1 N–H and O–H groups in total. The summed E-state index contributed by atoms with van der Waals surface area (Å²) in [6, 6.07) is 10.3. The van der Waals surface area contributed by atoms with Gasteiger partial charge in [0.15, 0.2) is 0 Å². The Bertz CT molecular complexity index is 660. The lowest BCUT2D eigenvalue weighted by Crippen LogP contribution is -2.47. The van der Waals surface area contributed by atoms with E-state index in [0.29, 0.717) is 0 Å². The van der Waals surface area contributed by atoms with Crippen LogP contribution in [0.3, 0.4) is 0 Å². The number of piperazine rings is 1. The number of hydrogen-bond acceptors (Lipinski definition) is 5. The van der Waals surface area contributed by atoms with Crippen LogP contribution < -0.4 is 4.90 Å². The van der Waals surface area contributed by atoms with Crippen LogP contribution in [0.15, 0.2) is 41.9 Å². The predicted octanol–water partition coefficient (Wildman–Crippen LogP) is 3.73. The highest BCUT2D eigenvalue weighted by molar-refractivity contribution is 7.10. The van der Waals surface area contributed by atoms with Gasteiger partial charge in [0.2, 0.25) is 0 Å². The summed E-state index contributed by atoms with van der Waals surface area (Å²) >= 11 is 1.70. The van der Waals surface area contributed by atoms with Gasteiger partial charge in [0.25, 0.3) is 0 Å². The Hall–Kier alpha value is -1.43. The van der Waals surface area contributed by atoms with E-state index in [4.69, 9.17) is 0 Å². The lowest BCUT2D eigenvalue weighted by Gasteiger charge is -2.38. The number of thiophene rings is 1. The van der Waals surface area contributed by atoms with E-state index in [0.717, 1.165) is 68.5 Å². The maximum atomic E-state index is 10.9. The van der Waals surface area contributed by atoms with Crippen molar-refractivity contribution in [3.63, 3.8) is 0 Å². The number of hydrogen-bond donors (Lipinski definition) is 1. The van der Waals surface area contributed by atoms with Gasteiger partial charge in [0, 0.05) is 37.3 Å². The first-order valence-electron chi connectivity index (χ1n) is 9.88. The SMILES string of the molecule is OC1(c2cccs2)CCC(CCN2CCN(c3ccccn3)CC2)CC1. The molecule has 0 bridgehead atoms. The van der Waals surface area contributed by atoms with Crippen LogP contribution in [0, 0.1) is 5.92 Å². The van der Waals surface area contributed by atoms with E-state index in [-0.39, 0.29) is 0 Å². The number of aromatic nitrogens is 1. The zero-order valence-electron chi connectivity index (χ0n) is 15.4. The summed E-state index contributed by atoms with van der Waals surface area (Å²) in [6.45, 7) is 5.59. The lowest BCUT2D eigenvalue weighted by molar-refractivity contribution is -0.0130. The zero-order valence-corrected chi connectivity index (χ0v) is 16.2. The minimum atomic E-state index is -0.557. The van der Waals surface area contributed by atoms with E-state index in [1.165, 1.54) is 13.0 Å². The van der Waals surface area contributed by atoms with E-state index >= 15 is 0 Å². The van der Waals surface area contributed by atoms with Crippen molar-refractivity contribution in [3.8, 4) is 0 Å². The van der Waals surface area contributed by atoms with E-state index in [9.17, 15) is 5.11 Å². The molecule has 2 aliphatic rings. The second-order valence-electron chi connectivity index (χ2n) is 7.76. The predicted molar refractivity (Wildman–Crippen MR) is 108 cm³/mol. The average molecular weight is 372 g/mol. The summed E-state index contributed by atoms with van der Waals surface area (Å²) in [5.74, 6) is 1.87. The largest absolute Gasteiger partial charge is 0.384 e. The molecule has 140 valence electrons. The number of rotatable bonds is 5. The summed E-state index contributed by atoms with van der Waals surface area (Å²) < 4.78 is 0. The first-order valence-corrected chi connectivity index (χ1v) is 10.8. The third kappa shape index (κ3) is 4.11. The van der Waals surface area contributed by atoms with Gasteiger partial charge >= 0.3 is 0 Å². The highest BCUT2D eigenvalue weighted by atomic mass is 32.1. The maximum Gasteiger partial charge on any atom is 0.128 e. The molecule has 3 heterocycles. The third-order valence-corrected chi connectivity index (χ3v) is 7.17. The molecule has 1 saturated heterocycles. The molecule has 0 spiro atoms. The topological polar surface area (TPSA) is 39.6 Å². The fraction of sp³-hybridized carbons (Fsp3) is 0.571. The first kappa shape index (κ1) is 18.0. The molecule has 4 rings (SSSR count). The van der Waals surface area contributed by atoms with Gasteiger partial charge in [0.1, 0.15) is 5.82 Å². The molecule has 2 aromatic heterocycles. The molecule has 0 amide bonds. The zero-order chi connectivity index (χ0) is 17.8. The van der Waals surface area contributed by atoms with Crippen LogP contribution in [-0.4, -0.2) is 47.7 Å². The molecule has 0 aromatic carbocycles. The summed E-state index contributed by atoms with van der Waals surface area (Å²) in [5.41, 5.74) is -0.557. The van der Waals surface area contributed by atoms with Gasteiger partial charge in [-0.05, 0) is 68.1 Å². The van der Waals surface area contributed by atoms with E-state index < -0.39 is 5.60 Å². The maximum absolute atomic E-state index is 10.9. The van der Waals surface area contributed by atoms with Crippen molar-refractivity contribution < 1.29 is 5.11 Å². The van der Waals surface area contributed by atoms with Crippen molar-refractivity contribution in [2.24, 2.45) is 5.92 Å². The van der Waals surface area contributed by atoms with Crippen LogP contribution in [0.2, 0.25) is 0 Å². The lowest BCUT2D eigenvalue weighted by atomic mass is 9.77. The highest BCUT2D eigenvalue weighted by Crippen LogP contribution is 2.42. The monoisotopic (exact) mass is 371 g/mol. The molecule has 2 aromatic rings. The molecule has 2 fully saturated rings. The van der Waals surface area contributed by atoms with Crippen molar-refractivity contribution in [2.45, 2.75) is 37.7 Å². The molecule has 4 nitrogen and oxygen atoms in total. The summed E-state index contributed by atoms with van der Waals surface area (Å²) in [4.78, 5) is 10.6. The van der Waals surface area contributed by atoms with Gasteiger partial charge in [-0.15, -0.1) is 11.3 Å². The fourth-order valence-corrected chi connectivity index (χ4v) is 5.22. The van der Waals surface area contributed by atoms with Crippen molar-refractivity contribution in [3.05, 3.63) is 46.8 Å². The second-order valence-corrected chi connectivity index (χ2v) is 8.71. The summed E-state index contributed by atoms with van der Waals surface area (Å²) in [5, 5.41) is 13.0. The van der Waals surface area contributed by atoms with Gasteiger partial charge < -0.3 is 10.0 Å². The van der Waals surface area contributed by atoms with E-state index in [1.807, 2.05) is 12.3 Å². The van der Waals surface area contributed by atoms with Crippen molar-refractivity contribution in [1.82, 2.24) is 9.88 Å². The van der Waals surface area contributed by atoms with Crippen LogP contribution >= 0.6 is 11.3 Å². The van der Waals surface area contributed by atoms with Gasteiger partial charge in [-0.3, -0.25) is 4.90 Å². The Morgan fingerprint density at radius 2 is 1.88 bits per heavy atom. The Morgan fingerprint density at radius 1 is 1.08 bits per heavy atom. The van der Waals surface area contributed by atoms with Gasteiger partial charge in [-0.2, -0.15) is 0 Å². The molecule has 1 aliphatic carbocycles. The van der Waals surface area contributed by atoms with Gasteiger partial charge in [-0.25, -0.2) is 4.98 Å². The summed E-state index contributed by atoms with van der Waals surface area (Å²) in [6.07, 6.45) is 7.30. The van der Waals surface area contributed by atoms with Crippen LogP contribution in [0.4, 0.5) is 5.82 Å². The molecular weight excluding hydrogens is 342 g/mol. The minimum Gasteiger partial charge on any atom is -0.384 e. The Morgan fingerprint density at radius 3 is 2.54 bits per heavy atom. The fourth-order valence-electron chi connectivity index (χ4n) is 4.34. The quantitative estimate of drug-likeness (QED) is 0.869. The standard InChI is InChI=1S/C21H29N3OS/c25-21(19-4-3-17-26-19)9-6-18(7-10-21)8-12-23-13-15-24(16-14-23)20-5-1-2-11-22-20/h1-5,11,17-18,25H,6-10,12-16H2. The molecule has 1 aliphatic heterocycles. The van der Waals surface area contributed by atoms with Gasteiger partial charge in [-0.1, -0.05) is 12.1 Å². The molecule has 26 heavy (non-hydrogen) atoms. The smallest absolute Gasteiger partial charge is 0.128 e. The Labute approximate surface area is 160 Å². The van der Waals surface area contributed by atoms with Crippen LogP contribution in [-0.2, 0) is 5.60 Å². The number of anilines is 1. The van der Waals surface area contributed by atoms with Crippen molar-refractivity contribution >= 4 is 17.2 Å². The number of aliphatic hydroxyl groups is 1. The molecule has 1 saturated carbocycles. The summed E-state index contributed by atoms with van der Waals surface area (Å²) in [7, 11) is 0. The molecule has 0 radical (unpaired) electrons. The third-order valence-electron chi connectivity index (χ3n) is 6.11. The van der Waals surface area contributed by atoms with E-state index in [1.54, 1.807) is 11.3 Å². The molecule has 0 unspecified atom stereocenters. The van der Waals surface area contributed by atoms with Gasteiger partial charge in [0.05, 0.1) is 5.60 Å². The van der Waals surface area contributed by atoms with Crippen LogP contribution in [0.1, 0.15) is 37.0 Å². The normalized spacial score (nSPS) is 27.6. The van der Waals surface area contributed by atoms with Crippen molar-refractivity contribution in [1.29, 1.82) is 0 Å². The Balaban J connectivity index is 1.19. The van der Waals surface area contributed by atoms with Crippen molar-refractivity contribution in [2.75, 3.05) is 37.6 Å². The average Bonchev–Trinajstić information content (AvgIpc) is 3.25. The number of pyridine rings is 1. The Kier molecular flexibility index (Phi) is 5.57. The van der Waals surface area contributed by atoms with Crippen LogP contribution in [0.25, 0.3) is 0 Å². The van der Waals surface area contributed by atoms with E-state index in [2.05, 4.69) is 44.4 Å².